The van der Waals surface area contributed by atoms with Gasteiger partial charge in [0.05, 0.1) is 5.56 Å². The number of rotatable bonds is 7. The van der Waals surface area contributed by atoms with Crippen LogP contribution >= 0.6 is 0 Å². The van der Waals surface area contributed by atoms with Crippen molar-refractivity contribution in [1.82, 2.24) is 9.88 Å². The summed E-state index contributed by atoms with van der Waals surface area (Å²) < 4.78 is 39.1. The number of alkyl halides is 3. The van der Waals surface area contributed by atoms with Crippen LogP contribution in [0.25, 0.3) is 0 Å². The lowest BCUT2D eigenvalue weighted by atomic mass is 10.1. The number of hydrogen-bond acceptors (Lipinski definition) is 2. The summed E-state index contributed by atoms with van der Waals surface area (Å²) in [5, 5.41) is 3.26. The molecule has 0 bridgehead atoms. The Balaban J connectivity index is 2.90. The number of aromatic nitrogens is 1. The van der Waals surface area contributed by atoms with Gasteiger partial charge in [-0.2, -0.15) is 13.2 Å². The van der Waals surface area contributed by atoms with Gasteiger partial charge in [0.2, 0.25) is 0 Å². The molecule has 1 N–H and O–H groups in total. The molecule has 6 heteroatoms. The van der Waals surface area contributed by atoms with Gasteiger partial charge in [-0.05, 0) is 25.5 Å². The molecule has 1 atom stereocenters. The lowest BCUT2D eigenvalue weighted by Crippen LogP contribution is -2.37. The van der Waals surface area contributed by atoms with Crippen molar-refractivity contribution in [2.45, 2.75) is 51.9 Å². The summed E-state index contributed by atoms with van der Waals surface area (Å²) in [4.78, 5) is 11.7. The van der Waals surface area contributed by atoms with Gasteiger partial charge in [-0.3, -0.25) is 4.79 Å². The Labute approximate surface area is 116 Å². The summed E-state index contributed by atoms with van der Waals surface area (Å²) in [6.07, 6.45) is -0.847. The normalized spacial score (nSPS) is 13.4. The molecule has 1 aromatic rings. The third-order valence-corrected chi connectivity index (χ3v) is 3.05. The molecular weight excluding hydrogens is 269 g/mol. The zero-order valence-electron chi connectivity index (χ0n) is 11.8. The van der Waals surface area contributed by atoms with E-state index < -0.39 is 17.3 Å². The molecule has 0 saturated carbocycles. The standard InChI is InChI=1S/C14H21F3N2O/c1-3-5-12(18-8-4-2)10-19-9-11(14(15,16)17)6-7-13(19)20/h6-7,9,12,18H,3-5,8,10H2,1-2H3. The predicted molar refractivity (Wildman–Crippen MR) is 72.7 cm³/mol. The number of nitrogens with zero attached hydrogens (tertiary/aromatic N) is 1. The zero-order chi connectivity index (χ0) is 15.2. The van der Waals surface area contributed by atoms with Crippen LogP contribution in [0, 0.1) is 0 Å². The fourth-order valence-corrected chi connectivity index (χ4v) is 2.03. The minimum atomic E-state index is -4.42. The highest BCUT2D eigenvalue weighted by Crippen LogP contribution is 2.28. The lowest BCUT2D eigenvalue weighted by Gasteiger charge is -2.19. The van der Waals surface area contributed by atoms with Crippen LogP contribution in [-0.2, 0) is 12.7 Å². The molecule has 20 heavy (non-hydrogen) atoms. The van der Waals surface area contributed by atoms with E-state index in [1.165, 1.54) is 0 Å². The molecule has 0 spiro atoms. The third-order valence-electron chi connectivity index (χ3n) is 3.05. The highest BCUT2D eigenvalue weighted by atomic mass is 19.4. The van der Waals surface area contributed by atoms with Crippen LogP contribution in [0.4, 0.5) is 13.2 Å². The maximum absolute atomic E-state index is 12.7. The Morgan fingerprint density at radius 2 is 1.95 bits per heavy atom. The lowest BCUT2D eigenvalue weighted by molar-refractivity contribution is -0.138. The van der Waals surface area contributed by atoms with E-state index in [2.05, 4.69) is 5.32 Å². The van der Waals surface area contributed by atoms with Gasteiger partial charge in [-0.15, -0.1) is 0 Å². The van der Waals surface area contributed by atoms with Crippen molar-refractivity contribution >= 4 is 0 Å². The third kappa shape index (κ3) is 5.00. The van der Waals surface area contributed by atoms with Gasteiger partial charge in [0.25, 0.3) is 5.56 Å². The minimum Gasteiger partial charge on any atom is -0.313 e. The van der Waals surface area contributed by atoms with Gasteiger partial charge in [0.1, 0.15) is 0 Å². The average Bonchev–Trinajstić information content (AvgIpc) is 2.37. The molecule has 0 amide bonds. The molecular formula is C14H21F3N2O. The van der Waals surface area contributed by atoms with Crippen LogP contribution in [-0.4, -0.2) is 17.2 Å². The molecule has 1 heterocycles. The molecule has 114 valence electrons. The van der Waals surface area contributed by atoms with Gasteiger partial charge in [0, 0.05) is 24.8 Å². The topological polar surface area (TPSA) is 34.0 Å². The Morgan fingerprint density at radius 1 is 1.25 bits per heavy atom. The minimum absolute atomic E-state index is 0.0149. The zero-order valence-corrected chi connectivity index (χ0v) is 11.8. The number of nitrogens with one attached hydrogen (secondary N) is 1. The highest BCUT2D eigenvalue weighted by molar-refractivity contribution is 5.13. The summed E-state index contributed by atoms with van der Waals surface area (Å²) in [6.45, 7) is 5.08. The summed E-state index contributed by atoms with van der Waals surface area (Å²) in [7, 11) is 0. The van der Waals surface area contributed by atoms with Gasteiger partial charge < -0.3 is 9.88 Å². The molecule has 3 nitrogen and oxygen atoms in total. The van der Waals surface area contributed by atoms with E-state index >= 15 is 0 Å². The van der Waals surface area contributed by atoms with Crippen molar-refractivity contribution < 1.29 is 13.2 Å². The number of pyridine rings is 1. The quantitative estimate of drug-likeness (QED) is 0.837. The molecule has 0 saturated heterocycles. The molecule has 0 aliphatic rings. The van der Waals surface area contributed by atoms with Gasteiger partial charge in [-0.1, -0.05) is 20.3 Å². The first-order chi connectivity index (χ1) is 9.38. The molecule has 0 aliphatic carbocycles. The summed E-state index contributed by atoms with van der Waals surface area (Å²) in [5.74, 6) is 0. The van der Waals surface area contributed by atoms with Crippen LogP contribution in [0.3, 0.4) is 0 Å². The summed E-state index contributed by atoms with van der Waals surface area (Å²) in [6, 6.07) is 1.82. The van der Waals surface area contributed by atoms with E-state index in [0.29, 0.717) is 0 Å². The van der Waals surface area contributed by atoms with Crippen LogP contribution in [0.15, 0.2) is 23.1 Å². The monoisotopic (exact) mass is 290 g/mol. The Morgan fingerprint density at radius 3 is 2.50 bits per heavy atom. The second-order valence-corrected chi connectivity index (χ2v) is 4.85. The van der Waals surface area contributed by atoms with Gasteiger partial charge in [-0.25, -0.2) is 0 Å². The predicted octanol–water partition coefficient (Wildman–Crippen LogP) is 3.04. The molecule has 1 unspecified atom stereocenters. The average molecular weight is 290 g/mol. The Hall–Kier alpha value is -1.30. The van der Waals surface area contributed by atoms with Crippen molar-refractivity contribution in [3.63, 3.8) is 0 Å². The largest absolute Gasteiger partial charge is 0.417 e. The van der Waals surface area contributed by atoms with Crippen LogP contribution in [0.1, 0.15) is 38.7 Å². The van der Waals surface area contributed by atoms with E-state index in [1.54, 1.807) is 0 Å². The maximum Gasteiger partial charge on any atom is 0.417 e. The van der Waals surface area contributed by atoms with Gasteiger partial charge in [0.15, 0.2) is 0 Å². The first kappa shape index (κ1) is 16.8. The van der Waals surface area contributed by atoms with Crippen LogP contribution in [0.5, 0.6) is 0 Å². The number of halogens is 3. The van der Waals surface area contributed by atoms with Crippen molar-refractivity contribution in [3.05, 3.63) is 34.2 Å². The molecule has 1 aromatic heterocycles. The van der Waals surface area contributed by atoms with Gasteiger partial charge >= 0.3 is 6.18 Å². The van der Waals surface area contributed by atoms with Crippen molar-refractivity contribution in [2.24, 2.45) is 0 Å². The molecule has 0 aromatic carbocycles. The first-order valence-electron chi connectivity index (χ1n) is 6.89. The highest BCUT2D eigenvalue weighted by Gasteiger charge is 2.31. The second kappa shape index (κ2) is 7.47. The maximum atomic E-state index is 12.7. The molecule has 1 rings (SSSR count). The van der Waals surface area contributed by atoms with Crippen molar-refractivity contribution in [3.8, 4) is 0 Å². The first-order valence-corrected chi connectivity index (χ1v) is 6.89. The summed E-state index contributed by atoms with van der Waals surface area (Å²) in [5.41, 5.74) is -1.19. The van der Waals surface area contributed by atoms with Crippen molar-refractivity contribution in [1.29, 1.82) is 0 Å². The fourth-order valence-electron chi connectivity index (χ4n) is 2.03. The number of hydrogen-bond donors (Lipinski definition) is 1. The summed E-state index contributed by atoms with van der Waals surface area (Å²) >= 11 is 0. The van der Waals surface area contributed by atoms with E-state index in [4.69, 9.17) is 0 Å². The van der Waals surface area contributed by atoms with E-state index in [9.17, 15) is 18.0 Å². The second-order valence-electron chi connectivity index (χ2n) is 4.85. The molecule has 0 radical (unpaired) electrons. The van der Waals surface area contributed by atoms with Crippen LogP contribution in [0.2, 0.25) is 0 Å². The fraction of sp³-hybridized carbons (Fsp3) is 0.643. The van der Waals surface area contributed by atoms with E-state index in [0.717, 1.165) is 48.7 Å². The Bertz CT molecular complexity index is 468. The smallest absolute Gasteiger partial charge is 0.313 e. The Kier molecular flexibility index (Phi) is 6.26. The van der Waals surface area contributed by atoms with Crippen LogP contribution < -0.4 is 10.9 Å². The molecule has 0 fully saturated rings. The SMILES string of the molecule is CCCNC(CCC)Cn1cc(C(F)(F)F)ccc1=O. The van der Waals surface area contributed by atoms with Crippen molar-refractivity contribution in [2.75, 3.05) is 6.54 Å². The molecule has 0 aliphatic heterocycles. The van der Waals surface area contributed by atoms with E-state index in [1.807, 2.05) is 13.8 Å². The van der Waals surface area contributed by atoms with E-state index in [-0.39, 0.29) is 12.6 Å².